The zero-order valence-electron chi connectivity index (χ0n) is 11.8. The quantitative estimate of drug-likeness (QED) is 0.923. The molecule has 1 aromatic carbocycles. The van der Waals surface area contributed by atoms with Crippen molar-refractivity contribution in [3.63, 3.8) is 0 Å². The molecule has 0 unspecified atom stereocenters. The summed E-state index contributed by atoms with van der Waals surface area (Å²) < 4.78 is 13.5. The highest BCUT2D eigenvalue weighted by Crippen LogP contribution is 2.39. The molecule has 0 amide bonds. The van der Waals surface area contributed by atoms with Crippen LogP contribution in [0.1, 0.15) is 43.6 Å². The molecule has 110 valence electrons. The van der Waals surface area contributed by atoms with Crippen LogP contribution in [0, 0.1) is 11.7 Å². The molecule has 21 heavy (non-hydrogen) atoms. The lowest BCUT2D eigenvalue weighted by molar-refractivity contribution is -0.138. The van der Waals surface area contributed by atoms with E-state index in [2.05, 4.69) is 4.98 Å². The van der Waals surface area contributed by atoms with Gasteiger partial charge in [-0.2, -0.15) is 0 Å². The minimum atomic E-state index is -0.713. The lowest BCUT2D eigenvalue weighted by atomic mass is 9.77. The molecule has 0 atom stereocenters. The minimum absolute atomic E-state index is 0.240. The molecule has 0 spiro atoms. The van der Waals surface area contributed by atoms with E-state index in [-0.39, 0.29) is 18.2 Å². The summed E-state index contributed by atoms with van der Waals surface area (Å²) in [5.41, 5.74) is 1.97. The molecule has 3 rings (SSSR count). The Bertz CT molecular complexity index is 663. The second-order valence-electron chi connectivity index (χ2n) is 5.88. The first-order chi connectivity index (χ1) is 10.1. The molecular formula is C17H18FNO2. The number of hydrogen-bond donors (Lipinski definition) is 1. The maximum Gasteiger partial charge on any atom is 0.303 e. The third-order valence-corrected chi connectivity index (χ3v) is 4.49. The molecule has 2 aromatic rings. The monoisotopic (exact) mass is 287 g/mol. The summed E-state index contributed by atoms with van der Waals surface area (Å²) in [5.74, 6) is -0.294. The molecule has 1 N–H and O–H groups in total. The number of aromatic nitrogens is 1. The third-order valence-electron chi connectivity index (χ3n) is 4.49. The average molecular weight is 287 g/mol. The molecule has 4 heteroatoms. The van der Waals surface area contributed by atoms with E-state index in [0.717, 1.165) is 42.1 Å². The molecule has 0 bridgehead atoms. The summed E-state index contributed by atoms with van der Waals surface area (Å²) in [6.07, 6.45) is 5.82. The summed E-state index contributed by atoms with van der Waals surface area (Å²) in [6.45, 7) is 0. The van der Waals surface area contributed by atoms with Gasteiger partial charge in [-0.25, -0.2) is 4.39 Å². The van der Waals surface area contributed by atoms with Crippen molar-refractivity contribution in [3.8, 4) is 0 Å². The van der Waals surface area contributed by atoms with Crippen LogP contribution < -0.4 is 0 Å². The van der Waals surface area contributed by atoms with E-state index in [1.54, 1.807) is 18.3 Å². The maximum atomic E-state index is 13.5. The Balaban J connectivity index is 1.82. The summed E-state index contributed by atoms with van der Waals surface area (Å²) in [6, 6.07) is 6.68. The number of hydrogen-bond acceptors (Lipinski definition) is 2. The molecule has 3 nitrogen and oxygen atoms in total. The predicted octanol–water partition coefficient (Wildman–Crippen LogP) is 4.12. The van der Waals surface area contributed by atoms with Gasteiger partial charge in [-0.1, -0.05) is 0 Å². The Morgan fingerprint density at radius 2 is 2.00 bits per heavy atom. The van der Waals surface area contributed by atoms with Gasteiger partial charge in [-0.15, -0.1) is 0 Å². The van der Waals surface area contributed by atoms with E-state index in [0.29, 0.717) is 5.92 Å². The lowest BCUT2D eigenvalue weighted by Crippen LogP contribution is -2.16. The first-order valence-corrected chi connectivity index (χ1v) is 7.39. The number of pyridine rings is 1. The van der Waals surface area contributed by atoms with Crippen LogP contribution in [-0.4, -0.2) is 16.1 Å². The van der Waals surface area contributed by atoms with Crippen molar-refractivity contribution < 1.29 is 14.3 Å². The highest BCUT2D eigenvalue weighted by molar-refractivity contribution is 5.82. The maximum absolute atomic E-state index is 13.5. The number of carboxylic acids is 1. The van der Waals surface area contributed by atoms with Gasteiger partial charge in [0.05, 0.1) is 5.52 Å². The number of halogens is 1. The topological polar surface area (TPSA) is 50.2 Å². The van der Waals surface area contributed by atoms with Crippen molar-refractivity contribution in [2.45, 2.75) is 38.0 Å². The van der Waals surface area contributed by atoms with Crippen LogP contribution in [0.3, 0.4) is 0 Å². The van der Waals surface area contributed by atoms with Gasteiger partial charge in [0.1, 0.15) is 5.82 Å². The van der Waals surface area contributed by atoms with Crippen molar-refractivity contribution in [1.29, 1.82) is 0 Å². The summed E-state index contributed by atoms with van der Waals surface area (Å²) in [5, 5.41) is 9.76. The van der Waals surface area contributed by atoms with E-state index >= 15 is 0 Å². The smallest absolute Gasteiger partial charge is 0.303 e. The van der Waals surface area contributed by atoms with Crippen LogP contribution in [0.15, 0.2) is 30.5 Å². The molecule has 1 aliphatic carbocycles. The zero-order valence-corrected chi connectivity index (χ0v) is 11.8. The molecule has 1 aliphatic rings. The van der Waals surface area contributed by atoms with E-state index in [1.165, 1.54) is 6.07 Å². The number of benzene rings is 1. The standard InChI is InChI=1S/C17H18FNO2/c18-13-5-6-16-15(10-13)14(7-8-19-16)12-3-1-11(2-4-12)9-17(20)21/h5-8,10-12H,1-4,9H2,(H,20,21)/t11-,12+. The number of nitrogens with zero attached hydrogens (tertiary/aromatic N) is 1. The van der Waals surface area contributed by atoms with Gasteiger partial charge in [0.2, 0.25) is 0 Å². The van der Waals surface area contributed by atoms with Gasteiger partial charge in [-0.3, -0.25) is 9.78 Å². The highest BCUT2D eigenvalue weighted by atomic mass is 19.1. The Kier molecular flexibility index (Phi) is 3.86. The largest absolute Gasteiger partial charge is 0.481 e. The number of rotatable bonds is 3. The van der Waals surface area contributed by atoms with Gasteiger partial charge < -0.3 is 5.11 Å². The Morgan fingerprint density at radius 1 is 1.24 bits per heavy atom. The first kappa shape index (κ1) is 14.0. The number of aliphatic carboxylic acids is 1. The fraction of sp³-hybridized carbons (Fsp3) is 0.412. The van der Waals surface area contributed by atoms with E-state index in [1.807, 2.05) is 6.07 Å². The van der Waals surface area contributed by atoms with Gasteiger partial charge in [-0.05, 0) is 67.3 Å². The SMILES string of the molecule is O=C(O)C[C@H]1CC[C@@H](c2ccnc3ccc(F)cc32)CC1. The first-order valence-electron chi connectivity index (χ1n) is 7.39. The average Bonchev–Trinajstić information content (AvgIpc) is 2.47. The molecule has 1 fully saturated rings. The molecule has 0 aliphatic heterocycles. The van der Waals surface area contributed by atoms with Crippen LogP contribution in [0.25, 0.3) is 10.9 Å². The van der Waals surface area contributed by atoms with E-state index < -0.39 is 5.97 Å². The Hall–Kier alpha value is -1.97. The van der Waals surface area contributed by atoms with Crippen LogP contribution >= 0.6 is 0 Å². The minimum Gasteiger partial charge on any atom is -0.481 e. The van der Waals surface area contributed by atoms with Crippen molar-refractivity contribution in [1.82, 2.24) is 4.98 Å². The predicted molar refractivity (Wildman–Crippen MR) is 78.7 cm³/mol. The Labute approximate surface area is 122 Å². The normalized spacial score (nSPS) is 22.3. The van der Waals surface area contributed by atoms with Crippen molar-refractivity contribution in [3.05, 3.63) is 41.8 Å². The van der Waals surface area contributed by atoms with Crippen LogP contribution in [0.5, 0.6) is 0 Å². The summed E-state index contributed by atoms with van der Waals surface area (Å²) in [7, 11) is 0. The van der Waals surface area contributed by atoms with Crippen LogP contribution in [0.4, 0.5) is 4.39 Å². The van der Waals surface area contributed by atoms with E-state index in [4.69, 9.17) is 5.11 Å². The summed E-state index contributed by atoms with van der Waals surface area (Å²) in [4.78, 5) is 15.1. The lowest BCUT2D eigenvalue weighted by Gasteiger charge is -2.28. The van der Waals surface area contributed by atoms with Gasteiger partial charge in [0.25, 0.3) is 0 Å². The van der Waals surface area contributed by atoms with Crippen molar-refractivity contribution >= 4 is 16.9 Å². The second-order valence-corrected chi connectivity index (χ2v) is 5.88. The third kappa shape index (κ3) is 3.04. The van der Waals surface area contributed by atoms with Crippen LogP contribution in [0.2, 0.25) is 0 Å². The van der Waals surface area contributed by atoms with Gasteiger partial charge in [0, 0.05) is 18.0 Å². The van der Waals surface area contributed by atoms with E-state index in [9.17, 15) is 9.18 Å². The van der Waals surface area contributed by atoms with Gasteiger partial charge in [0.15, 0.2) is 0 Å². The van der Waals surface area contributed by atoms with Gasteiger partial charge >= 0.3 is 5.97 Å². The molecule has 1 saturated carbocycles. The molecule has 1 aromatic heterocycles. The van der Waals surface area contributed by atoms with Crippen LogP contribution in [-0.2, 0) is 4.79 Å². The number of carboxylic acid groups (broad SMARTS) is 1. The van der Waals surface area contributed by atoms with Crippen molar-refractivity contribution in [2.24, 2.45) is 5.92 Å². The second kappa shape index (κ2) is 5.80. The summed E-state index contributed by atoms with van der Waals surface area (Å²) >= 11 is 0. The fourth-order valence-corrected chi connectivity index (χ4v) is 3.42. The molecule has 1 heterocycles. The number of fused-ring (bicyclic) bond motifs is 1. The zero-order chi connectivity index (χ0) is 14.8. The highest BCUT2D eigenvalue weighted by Gasteiger charge is 2.25. The number of carbonyl (C=O) groups is 1. The Morgan fingerprint density at radius 3 is 2.71 bits per heavy atom. The molecule has 0 saturated heterocycles. The fourth-order valence-electron chi connectivity index (χ4n) is 3.42. The molecular weight excluding hydrogens is 269 g/mol. The van der Waals surface area contributed by atoms with Crippen molar-refractivity contribution in [2.75, 3.05) is 0 Å². The molecule has 0 radical (unpaired) electrons.